The van der Waals surface area contributed by atoms with Crippen LogP contribution in [-0.2, 0) is 14.8 Å². The Kier molecular flexibility index (Phi) is 5.08. The number of carboxylic acid groups (broad SMARTS) is 1. The maximum atomic E-state index is 12.4. The number of aryl methyl sites for hydroxylation is 1. The van der Waals surface area contributed by atoms with Crippen molar-refractivity contribution in [1.29, 1.82) is 0 Å². The molecule has 0 fully saturated rings. The number of halogens is 1. The molecule has 0 bridgehead atoms. The maximum Gasteiger partial charge on any atom is 0.328 e. The fourth-order valence-electron chi connectivity index (χ4n) is 1.84. The standard InChI is InChI=1S/C16H14ClNO4S/c1-11-2-7-14(8-3-11)23(21,22)18-15-10-13(17)6-4-12(15)5-9-16(19)20/h2-10,18H,1H3,(H,19,20). The van der Waals surface area contributed by atoms with Crippen molar-refractivity contribution < 1.29 is 18.3 Å². The van der Waals surface area contributed by atoms with Gasteiger partial charge in [0, 0.05) is 11.1 Å². The largest absolute Gasteiger partial charge is 0.478 e. The molecule has 2 aromatic rings. The number of rotatable bonds is 5. The molecule has 2 N–H and O–H groups in total. The quantitative estimate of drug-likeness (QED) is 0.807. The van der Waals surface area contributed by atoms with E-state index in [-0.39, 0.29) is 10.6 Å². The Labute approximate surface area is 139 Å². The molecular weight excluding hydrogens is 338 g/mol. The molecule has 0 heterocycles. The zero-order valence-electron chi connectivity index (χ0n) is 12.2. The van der Waals surface area contributed by atoms with Gasteiger partial charge < -0.3 is 5.11 Å². The fraction of sp³-hybridized carbons (Fsp3) is 0.0625. The molecule has 0 aliphatic heterocycles. The number of sulfonamides is 1. The molecule has 5 nitrogen and oxygen atoms in total. The highest BCUT2D eigenvalue weighted by Crippen LogP contribution is 2.25. The molecule has 0 aliphatic carbocycles. The van der Waals surface area contributed by atoms with Gasteiger partial charge in [0.05, 0.1) is 10.6 Å². The zero-order valence-corrected chi connectivity index (χ0v) is 13.7. The van der Waals surface area contributed by atoms with Crippen molar-refractivity contribution in [2.45, 2.75) is 11.8 Å². The van der Waals surface area contributed by atoms with Gasteiger partial charge in [-0.15, -0.1) is 0 Å². The van der Waals surface area contributed by atoms with E-state index in [4.69, 9.17) is 16.7 Å². The Bertz CT molecular complexity index is 858. The van der Waals surface area contributed by atoms with Crippen LogP contribution in [0.25, 0.3) is 6.08 Å². The topological polar surface area (TPSA) is 83.5 Å². The maximum absolute atomic E-state index is 12.4. The van der Waals surface area contributed by atoms with Gasteiger partial charge in [0.2, 0.25) is 0 Å². The molecule has 120 valence electrons. The first kappa shape index (κ1) is 17.1. The predicted octanol–water partition coefficient (Wildman–Crippen LogP) is 3.55. The predicted molar refractivity (Wildman–Crippen MR) is 90.1 cm³/mol. The molecule has 0 atom stereocenters. The second kappa shape index (κ2) is 6.85. The summed E-state index contributed by atoms with van der Waals surface area (Å²) < 4.78 is 27.3. The summed E-state index contributed by atoms with van der Waals surface area (Å²) in [6.07, 6.45) is 2.22. The van der Waals surface area contributed by atoms with E-state index in [0.717, 1.165) is 11.6 Å². The lowest BCUT2D eigenvalue weighted by Gasteiger charge is -2.11. The van der Waals surface area contributed by atoms with Crippen molar-refractivity contribution in [3.8, 4) is 0 Å². The lowest BCUT2D eigenvalue weighted by atomic mass is 10.1. The van der Waals surface area contributed by atoms with Gasteiger partial charge in [0.1, 0.15) is 0 Å². The fourth-order valence-corrected chi connectivity index (χ4v) is 3.10. The second-order valence-corrected chi connectivity index (χ2v) is 6.94. The zero-order chi connectivity index (χ0) is 17.0. The molecule has 0 saturated heterocycles. The minimum absolute atomic E-state index is 0.108. The van der Waals surface area contributed by atoms with E-state index in [0.29, 0.717) is 10.6 Å². The summed E-state index contributed by atoms with van der Waals surface area (Å²) in [4.78, 5) is 10.7. The number of hydrogen-bond donors (Lipinski definition) is 2. The van der Waals surface area contributed by atoms with Gasteiger partial charge in [-0.05, 0) is 42.8 Å². The van der Waals surface area contributed by atoms with Crippen LogP contribution in [0.3, 0.4) is 0 Å². The monoisotopic (exact) mass is 351 g/mol. The Hall–Kier alpha value is -2.31. The Morgan fingerprint density at radius 1 is 1.17 bits per heavy atom. The first-order chi connectivity index (χ1) is 10.8. The van der Waals surface area contributed by atoms with Crippen molar-refractivity contribution in [2.24, 2.45) is 0 Å². The smallest absolute Gasteiger partial charge is 0.328 e. The number of carboxylic acids is 1. The van der Waals surface area contributed by atoms with Crippen LogP contribution in [-0.4, -0.2) is 19.5 Å². The second-order valence-electron chi connectivity index (χ2n) is 4.82. The van der Waals surface area contributed by atoms with Gasteiger partial charge in [-0.3, -0.25) is 4.72 Å². The summed E-state index contributed by atoms with van der Waals surface area (Å²) in [7, 11) is -3.80. The summed E-state index contributed by atoms with van der Waals surface area (Å²) in [6.45, 7) is 1.86. The number of nitrogens with one attached hydrogen (secondary N) is 1. The highest BCUT2D eigenvalue weighted by molar-refractivity contribution is 7.92. The van der Waals surface area contributed by atoms with Crippen molar-refractivity contribution in [2.75, 3.05) is 4.72 Å². The molecule has 0 unspecified atom stereocenters. The van der Waals surface area contributed by atoms with Crippen LogP contribution < -0.4 is 4.72 Å². The summed E-state index contributed by atoms with van der Waals surface area (Å²) in [6, 6.07) is 10.9. The minimum atomic E-state index is -3.80. The molecule has 23 heavy (non-hydrogen) atoms. The first-order valence-corrected chi connectivity index (χ1v) is 8.44. The number of anilines is 1. The summed E-state index contributed by atoms with van der Waals surface area (Å²) >= 11 is 5.90. The molecule has 0 spiro atoms. The van der Waals surface area contributed by atoms with Crippen LogP contribution in [0.1, 0.15) is 11.1 Å². The van der Waals surface area contributed by atoms with E-state index >= 15 is 0 Å². The molecule has 0 aromatic heterocycles. The Morgan fingerprint density at radius 3 is 2.43 bits per heavy atom. The van der Waals surface area contributed by atoms with Gasteiger partial charge in [0.25, 0.3) is 10.0 Å². The van der Waals surface area contributed by atoms with Crippen LogP contribution in [0.15, 0.2) is 53.4 Å². The van der Waals surface area contributed by atoms with E-state index in [1.165, 1.54) is 30.3 Å². The molecule has 2 aromatic carbocycles. The van der Waals surface area contributed by atoms with Crippen molar-refractivity contribution in [3.63, 3.8) is 0 Å². The molecule has 2 rings (SSSR count). The van der Waals surface area contributed by atoms with E-state index in [2.05, 4.69) is 4.72 Å². The summed E-state index contributed by atoms with van der Waals surface area (Å²) in [5.74, 6) is -1.13. The van der Waals surface area contributed by atoms with E-state index < -0.39 is 16.0 Å². The minimum Gasteiger partial charge on any atom is -0.478 e. The lowest BCUT2D eigenvalue weighted by molar-refractivity contribution is -0.131. The normalized spacial score (nSPS) is 11.6. The van der Waals surface area contributed by atoms with Crippen LogP contribution in [0.4, 0.5) is 5.69 Å². The third-order valence-electron chi connectivity index (χ3n) is 3.00. The number of carbonyl (C=O) groups is 1. The summed E-state index contributed by atoms with van der Waals surface area (Å²) in [5, 5.41) is 9.04. The van der Waals surface area contributed by atoms with Crippen molar-refractivity contribution in [3.05, 3.63) is 64.7 Å². The molecular formula is C16H14ClNO4S. The SMILES string of the molecule is Cc1ccc(S(=O)(=O)Nc2cc(Cl)ccc2C=CC(=O)O)cc1. The van der Waals surface area contributed by atoms with E-state index in [1.807, 2.05) is 6.92 Å². The van der Waals surface area contributed by atoms with Crippen LogP contribution in [0.5, 0.6) is 0 Å². The first-order valence-electron chi connectivity index (χ1n) is 6.58. The van der Waals surface area contributed by atoms with E-state index in [9.17, 15) is 13.2 Å². The molecule has 0 amide bonds. The van der Waals surface area contributed by atoms with Gasteiger partial charge in [-0.25, -0.2) is 13.2 Å². The molecule has 0 aliphatic rings. The van der Waals surface area contributed by atoms with Gasteiger partial charge in [-0.2, -0.15) is 0 Å². The highest BCUT2D eigenvalue weighted by Gasteiger charge is 2.15. The number of hydrogen-bond acceptors (Lipinski definition) is 3. The molecule has 0 saturated carbocycles. The van der Waals surface area contributed by atoms with Crippen LogP contribution in [0.2, 0.25) is 5.02 Å². The van der Waals surface area contributed by atoms with Crippen LogP contribution >= 0.6 is 11.6 Å². The van der Waals surface area contributed by atoms with Gasteiger partial charge in [-0.1, -0.05) is 35.4 Å². The number of aliphatic carboxylic acids is 1. The molecule has 0 radical (unpaired) electrons. The van der Waals surface area contributed by atoms with Gasteiger partial charge >= 0.3 is 5.97 Å². The highest BCUT2D eigenvalue weighted by atomic mass is 35.5. The third kappa shape index (κ3) is 4.58. The van der Waals surface area contributed by atoms with Crippen LogP contribution in [0, 0.1) is 6.92 Å². The average Bonchev–Trinajstić information content (AvgIpc) is 2.46. The van der Waals surface area contributed by atoms with Crippen molar-refractivity contribution in [1.82, 2.24) is 0 Å². The lowest BCUT2D eigenvalue weighted by Crippen LogP contribution is -2.13. The third-order valence-corrected chi connectivity index (χ3v) is 4.61. The Morgan fingerprint density at radius 2 is 1.83 bits per heavy atom. The van der Waals surface area contributed by atoms with Crippen molar-refractivity contribution >= 4 is 39.4 Å². The van der Waals surface area contributed by atoms with Gasteiger partial charge in [0.15, 0.2) is 0 Å². The van der Waals surface area contributed by atoms with E-state index in [1.54, 1.807) is 18.2 Å². The Balaban J connectivity index is 2.40. The average molecular weight is 352 g/mol. The summed E-state index contributed by atoms with van der Waals surface area (Å²) in [5.41, 5.74) is 1.54. The number of benzene rings is 2. The molecule has 7 heteroatoms.